The van der Waals surface area contributed by atoms with Gasteiger partial charge in [0.05, 0.1) is 25.6 Å². The van der Waals surface area contributed by atoms with Gasteiger partial charge in [0.25, 0.3) is 0 Å². The molecule has 1 aromatic carbocycles. The van der Waals surface area contributed by atoms with Crippen molar-refractivity contribution < 1.29 is 17.9 Å². The molecule has 1 aromatic rings. The summed E-state index contributed by atoms with van der Waals surface area (Å²) in [4.78, 5) is 0. The van der Waals surface area contributed by atoms with Crippen molar-refractivity contribution in [2.45, 2.75) is 69.6 Å². The van der Waals surface area contributed by atoms with Gasteiger partial charge in [0, 0.05) is 17.1 Å². The quantitative estimate of drug-likeness (QED) is 0.642. The zero-order valence-corrected chi connectivity index (χ0v) is 18.9. The number of hydrogen-bond donors (Lipinski definition) is 2. The maximum Gasteiger partial charge on any atom is 0.209 e. The number of piperidine rings is 1. The number of rotatable bonds is 8. The first kappa shape index (κ1) is 22.8. The van der Waals surface area contributed by atoms with Crippen LogP contribution in [0, 0.1) is 0 Å². The van der Waals surface area contributed by atoms with E-state index in [0.29, 0.717) is 19.1 Å². The second kappa shape index (κ2) is 10.4. The summed E-state index contributed by atoms with van der Waals surface area (Å²) in [6.07, 6.45) is 7.28. The molecule has 1 aliphatic carbocycles. The second-order valence-corrected chi connectivity index (χ2v) is 10.3. The predicted octanol–water partition coefficient (Wildman–Crippen LogP) is 3.45. The average molecular weight is 445 g/mol. The Balaban J connectivity index is 1.52. The molecule has 2 atom stereocenters. The van der Waals surface area contributed by atoms with Crippen LogP contribution >= 0.6 is 11.6 Å². The number of benzene rings is 1. The molecule has 6 nitrogen and oxygen atoms in total. The van der Waals surface area contributed by atoms with Crippen LogP contribution in [0.1, 0.15) is 56.9 Å². The molecule has 0 radical (unpaired) electrons. The zero-order chi connectivity index (χ0) is 20.9. The van der Waals surface area contributed by atoms with Gasteiger partial charge in [-0.05, 0) is 81.7 Å². The SMILES string of the molecule is CCOc1ccc(Cl)cc1[C@H]1CC[C@@H](OC[C@@H]2NCCC[C@@H]2NS(C)(=O)=O)CC1. The molecule has 1 heterocycles. The maximum absolute atomic E-state index is 11.6. The highest BCUT2D eigenvalue weighted by molar-refractivity contribution is 7.88. The van der Waals surface area contributed by atoms with Gasteiger partial charge in [0.2, 0.25) is 10.0 Å². The Bertz CT molecular complexity index is 766. The summed E-state index contributed by atoms with van der Waals surface area (Å²) in [5.74, 6) is 1.37. The molecule has 29 heavy (non-hydrogen) atoms. The molecule has 164 valence electrons. The molecule has 0 bridgehead atoms. The van der Waals surface area contributed by atoms with Gasteiger partial charge in [0.1, 0.15) is 5.75 Å². The lowest BCUT2D eigenvalue weighted by Crippen LogP contribution is -2.55. The molecule has 0 unspecified atom stereocenters. The van der Waals surface area contributed by atoms with E-state index in [9.17, 15) is 8.42 Å². The van der Waals surface area contributed by atoms with Crippen molar-refractivity contribution >= 4 is 21.6 Å². The van der Waals surface area contributed by atoms with Gasteiger partial charge in [-0.2, -0.15) is 0 Å². The van der Waals surface area contributed by atoms with E-state index in [1.807, 2.05) is 25.1 Å². The van der Waals surface area contributed by atoms with Crippen LogP contribution < -0.4 is 14.8 Å². The third kappa shape index (κ3) is 6.82. The first-order valence-electron chi connectivity index (χ1n) is 10.6. The van der Waals surface area contributed by atoms with Crippen LogP contribution in [0.25, 0.3) is 0 Å². The van der Waals surface area contributed by atoms with Crippen molar-refractivity contribution in [1.29, 1.82) is 0 Å². The highest BCUT2D eigenvalue weighted by Gasteiger charge is 2.30. The van der Waals surface area contributed by atoms with Gasteiger partial charge in [-0.3, -0.25) is 0 Å². The monoisotopic (exact) mass is 444 g/mol. The van der Waals surface area contributed by atoms with Crippen molar-refractivity contribution in [2.24, 2.45) is 0 Å². The highest BCUT2D eigenvalue weighted by Crippen LogP contribution is 2.39. The Morgan fingerprint density at radius 2 is 1.97 bits per heavy atom. The van der Waals surface area contributed by atoms with Crippen molar-refractivity contribution in [3.05, 3.63) is 28.8 Å². The summed E-state index contributed by atoms with van der Waals surface area (Å²) in [7, 11) is -3.22. The fraction of sp³-hybridized carbons (Fsp3) is 0.714. The van der Waals surface area contributed by atoms with Crippen LogP contribution in [-0.4, -0.2) is 52.6 Å². The predicted molar refractivity (Wildman–Crippen MR) is 116 cm³/mol. The minimum Gasteiger partial charge on any atom is -0.494 e. The van der Waals surface area contributed by atoms with Crippen LogP contribution in [-0.2, 0) is 14.8 Å². The van der Waals surface area contributed by atoms with E-state index in [1.54, 1.807) is 0 Å². The first-order valence-corrected chi connectivity index (χ1v) is 12.9. The van der Waals surface area contributed by atoms with E-state index in [2.05, 4.69) is 10.0 Å². The van der Waals surface area contributed by atoms with Crippen molar-refractivity contribution in [2.75, 3.05) is 26.0 Å². The molecular weight excluding hydrogens is 412 g/mol. The summed E-state index contributed by atoms with van der Waals surface area (Å²) in [6, 6.07) is 5.80. The molecule has 0 aromatic heterocycles. The Morgan fingerprint density at radius 3 is 2.66 bits per heavy atom. The number of halogens is 1. The summed E-state index contributed by atoms with van der Waals surface area (Å²) in [5, 5.41) is 4.16. The van der Waals surface area contributed by atoms with Gasteiger partial charge in [-0.15, -0.1) is 0 Å². The van der Waals surface area contributed by atoms with Gasteiger partial charge in [0.15, 0.2) is 0 Å². The molecule has 1 saturated carbocycles. The normalized spacial score (nSPS) is 28.2. The van der Waals surface area contributed by atoms with E-state index in [4.69, 9.17) is 21.1 Å². The zero-order valence-electron chi connectivity index (χ0n) is 17.3. The molecule has 8 heteroatoms. The molecule has 1 saturated heterocycles. The molecule has 2 aliphatic rings. The van der Waals surface area contributed by atoms with Gasteiger partial charge in [-0.25, -0.2) is 13.1 Å². The third-order valence-electron chi connectivity index (χ3n) is 5.85. The maximum atomic E-state index is 11.6. The van der Waals surface area contributed by atoms with Crippen LogP contribution in [0.4, 0.5) is 0 Å². The van der Waals surface area contributed by atoms with E-state index >= 15 is 0 Å². The lowest BCUT2D eigenvalue weighted by atomic mass is 9.82. The summed E-state index contributed by atoms with van der Waals surface area (Å²) in [6.45, 7) is 4.07. The average Bonchev–Trinajstić information content (AvgIpc) is 2.68. The summed E-state index contributed by atoms with van der Waals surface area (Å²) < 4.78 is 38.0. The van der Waals surface area contributed by atoms with E-state index in [1.165, 1.54) is 11.8 Å². The van der Waals surface area contributed by atoms with Crippen molar-refractivity contribution in [3.8, 4) is 5.75 Å². The third-order valence-corrected chi connectivity index (χ3v) is 6.81. The van der Waals surface area contributed by atoms with Crippen molar-refractivity contribution in [1.82, 2.24) is 10.0 Å². The lowest BCUT2D eigenvalue weighted by molar-refractivity contribution is 0.00511. The van der Waals surface area contributed by atoms with Crippen LogP contribution in [0.5, 0.6) is 5.75 Å². The minimum absolute atomic E-state index is 0.0219. The number of hydrogen-bond acceptors (Lipinski definition) is 5. The fourth-order valence-corrected chi connectivity index (χ4v) is 5.46. The lowest BCUT2D eigenvalue weighted by Gasteiger charge is -2.35. The van der Waals surface area contributed by atoms with Gasteiger partial charge >= 0.3 is 0 Å². The minimum atomic E-state index is -3.22. The molecule has 0 amide bonds. The Hall–Kier alpha value is -0.860. The van der Waals surface area contributed by atoms with Gasteiger partial charge < -0.3 is 14.8 Å². The fourth-order valence-electron chi connectivity index (χ4n) is 4.45. The van der Waals surface area contributed by atoms with Crippen LogP contribution in [0.2, 0.25) is 5.02 Å². The van der Waals surface area contributed by atoms with E-state index in [0.717, 1.165) is 55.8 Å². The van der Waals surface area contributed by atoms with E-state index in [-0.39, 0.29) is 18.2 Å². The molecule has 2 fully saturated rings. The topological polar surface area (TPSA) is 76.7 Å². The smallest absolute Gasteiger partial charge is 0.209 e. The number of sulfonamides is 1. The molecule has 2 N–H and O–H groups in total. The second-order valence-electron chi connectivity index (χ2n) is 8.12. The Labute approximate surface area is 179 Å². The van der Waals surface area contributed by atoms with Gasteiger partial charge in [-0.1, -0.05) is 11.6 Å². The first-order chi connectivity index (χ1) is 13.9. The highest BCUT2D eigenvalue weighted by atomic mass is 35.5. The molecule has 3 rings (SSSR count). The molecule has 0 spiro atoms. The Kier molecular flexibility index (Phi) is 8.22. The molecular formula is C21H33ClN2O4S. The molecule has 1 aliphatic heterocycles. The number of nitrogens with one attached hydrogen (secondary N) is 2. The van der Waals surface area contributed by atoms with Crippen LogP contribution in [0.15, 0.2) is 18.2 Å². The Morgan fingerprint density at radius 1 is 1.21 bits per heavy atom. The van der Waals surface area contributed by atoms with E-state index < -0.39 is 10.0 Å². The van der Waals surface area contributed by atoms with Crippen molar-refractivity contribution in [3.63, 3.8) is 0 Å². The summed E-state index contributed by atoms with van der Waals surface area (Å²) in [5.41, 5.74) is 1.20. The largest absolute Gasteiger partial charge is 0.494 e. The van der Waals surface area contributed by atoms with Crippen LogP contribution in [0.3, 0.4) is 0 Å². The summed E-state index contributed by atoms with van der Waals surface area (Å²) >= 11 is 6.22. The standard InChI is InChI=1S/C21H33ClN2O4S/c1-3-27-21-11-8-16(22)13-18(21)15-6-9-17(10-7-15)28-14-20-19(5-4-12-23-20)24-29(2,25)26/h8,11,13,15,17,19-20,23-24H,3-7,9-10,12,14H2,1-2H3/t15-,17+,19-,20-/m0/s1. The number of ether oxygens (including phenoxy) is 2.